The third-order valence-corrected chi connectivity index (χ3v) is 2.96. The molecule has 1 rings (SSSR count). The van der Waals surface area contributed by atoms with E-state index in [0.29, 0.717) is 5.69 Å². The Balaban J connectivity index is 2.61. The number of rotatable bonds is 4. The Labute approximate surface area is 114 Å². The highest BCUT2D eigenvalue weighted by atomic mass is 79.9. The summed E-state index contributed by atoms with van der Waals surface area (Å²) in [7, 11) is 1.57. The lowest BCUT2D eigenvalue weighted by atomic mass is 9.92. The minimum absolute atomic E-state index is 0.119. The van der Waals surface area contributed by atoms with Gasteiger partial charge in [0.15, 0.2) is 0 Å². The second kappa shape index (κ2) is 5.95. The first-order chi connectivity index (χ1) is 8.36. The molecule has 0 spiro atoms. The van der Waals surface area contributed by atoms with Gasteiger partial charge in [-0.05, 0) is 41.9 Å². The zero-order valence-corrected chi connectivity index (χ0v) is 12.2. The van der Waals surface area contributed by atoms with Gasteiger partial charge in [-0.1, -0.05) is 0 Å². The fourth-order valence-electron chi connectivity index (χ4n) is 1.32. The van der Waals surface area contributed by atoms with Crippen molar-refractivity contribution in [3.63, 3.8) is 0 Å². The number of halogens is 1. The quantitative estimate of drug-likeness (QED) is 0.881. The molecule has 0 atom stereocenters. The number of nitrogens with one attached hydrogen (secondary N) is 2. The van der Waals surface area contributed by atoms with Gasteiger partial charge in [-0.3, -0.25) is 9.59 Å². The maximum Gasteiger partial charge on any atom is 0.269 e. The van der Waals surface area contributed by atoms with Gasteiger partial charge in [0, 0.05) is 24.3 Å². The highest BCUT2D eigenvalue weighted by Crippen LogP contribution is 2.13. The summed E-state index contributed by atoms with van der Waals surface area (Å²) in [5, 5.41) is 5.26. The number of hydrogen-bond donors (Lipinski definition) is 2. The average molecular weight is 314 g/mol. The number of hydrogen-bond acceptors (Lipinski definition) is 3. The minimum atomic E-state index is -0.653. The molecule has 0 bridgehead atoms. The highest BCUT2D eigenvalue weighted by molar-refractivity contribution is 9.10. The fraction of sp³-hybridized carbons (Fsp3) is 0.417. The Morgan fingerprint density at radius 2 is 2.06 bits per heavy atom. The molecule has 5 nitrogen and oxygen atoms in total. The summed E-state index contributed by atoms with van der Waals surface area (Å²) in [6, 6.07) is 3.36. The Bertz CT molecular complexity index is 443. The molecule has 18 heavy (non-hydrogen) atoms. The van der Waals surface area contributed by atoms with Gasteiger partial charge in [-0.15, -0.1) is 0 Å². The third-order valence-electron chi connectivity index (χ3n) is 2.49. The predicted octanol–water partition coefficient (Wildman–Crippen LogP) is 1.35. The van der Waals surface area contributed by atoms with Crippen LogP contribution >= 0.6 is 15.9 Å². The number of carbonyl (C=O) groups excluding carboxylic acids is 2. The van der Waals surface area contributed by atoms with E-state index in [1.54, 1.807) is 39.2 Å². The second-order valence-corrected chi connectivity index (χ2v) is 5.42. The van der Waals surface area contributed by atoms with Crippen molar-refractivity contribution in [2.45, 2.75) is 13.8 Å². The molecule has 98 valence electrons. The van der Waals surface area contributed by atoms with Crippen LogP contribution < -0.4 is 10.6 Å². The number of amides is 2. The normalized spacial score (nSPS) is 10.9. The van der Waals surface area contributed by atoms with Gasteiger partial charge in [0.2, 0.25) is 5.91 Å². The van der Waals surface area contributed by atoms with Crippen LogP contribution in [-0.4, -0.2) is 30.4 Å². The molecule has 1 heterocycles. The minimum Gasteiger partial charge on any atom is -0.359 e. The van der Waals surface area contributed by atoms with E-state index < -0.39 is 5.41 Å². The first-order valence-corrected chi connectivity index (χ1v) is 6.28. The van der Waals surface area contributed by atoms with Crippen LogP contribution in [0.15, 0.2) is 22.8 Å². The van der Waals surface area contributed by atoms with E-state index in [-0.39, 0.29) is 18.4 Å². The maximum absolute atomic E-state index is 11.8. The first kappa shape index (κ1) is 14.6. The van der Waals surface area contributed by atoms with Crippen molar-refractivity contribution in [3.8, 4) is 0 Å². The van der Waals surface area contributed by atoms with E-state index in [2.05, 4.69) is 31.5 Å². The first-order valence-electron chi connectivity index (χ1n) is 5.49. The van der Waals surface area contributed by atoms with Crippen LogP contribution in [0, 0.1) is 5.41 Å². The molecule has 0 unspecified atom stereocenters. The second-order valence-electron chi connectivity index (χ2n) is 4.51. The van der Waals surface area contributed by atoms with Crippen LogP contribution in [0.1, 0.15) is 24.3 Å². The predicted molar refractivity (Wildman–Crippen MR) is 72.1 cm³/mol. The molecule has 6 heteroatoms. The topological polar surface area (TPSA) is 71.1 Å². The lowest BCUT2D eigenvalue weighted by Gasteiger charge is -2.22. The number of nitrogens with zero attached hydrogens (tertiary/aromatic N) is 1. The van der Waals surface area contributed by atoms with Crippen LogP contribution in [0.4, 0.5) is 0 Å². The molecule has 0 aliphatic carbocycles. The molecule has 0 saturated heterocycles. The highest BCUT2D eigenvalue weighted by Gasteiger charge is 2.27. The van der Waals surface area contributed by atoms with Crippen molar-refractivity contribution in [1.29, 1.82) is 0 Å². The van der Waals surface area contributed by atoms with E-state index in [4.69, 9.17) is 0 Å². The fourth-order valence-corrected chi connectivity index (χ4v) is 1.56. The monoisotopic (exact) mass is 313 g/mol. The standard InChI is InChI=1S/C12H16BrN3O2/c1-12(2,11(18)14-3)7-16-10(17)9-5-4-8(13)6-15-9/h4-6H,7H2,1-3H3,(H,14,18)(H,16,17). The summed E-state index contributed by atoms with van der Waals surface area (Å²) in [6.07, 6.45) is 1.55. The number of aromatic nitrogens is 1. The van der Waals surface area contributed by atoms with Gasteiger partial charge < -0.3 is 10.6 Å². The Hall–Kier alpha value is -1.43. The molecule has 0 fully saturated rings. The molecule has 1 aromatic heterocycles. The SMILES string of the molecule is CNC(=O)C(C)(C)CNC(=O)c1ccc(Br)cn1. The van der Waals surface area contributed by atoms with Gasteiger partial charge in [-0.25, -0.2) is 4.98 Å². The lowest BCUT2D eigenvalue weighted by molar-refractivity contribution is -0.128. The van der Waals surface area contributed by atoms with Crippen molar-refractivity contribution in [3.05, 3.63) is 28.5 Å². The molecular weight excluding hydrogens is 298 g/mol. The van der Waals surface area contributed by atoms with Crippen molar-refractivity contribution in [2.75, 3.05) is 13.6 Å². The van der Waals surface area contributed by atoms with Crippen LogP contribution in [0.5, 0.6) is 0 Å². The Morgan fingerprint density at radius 3 is 2.56 bits per heavy atom. The summed E-state index contributed by atoms with van der Waals surface area (Å²) in [6.45, 7) is 3.78. The molecular formula is C12H16BrN3O2. The van der Waals surface area contributed by atoms with Gasteiger partial charge in [0.1, 0.15) is 5.69 Å². The smallest absolute Gasteiger partial charge is 0.269 e. The zero-order valence-electron chi connectivity index (χ0n) is 10.6. The van der Waals surface area contributed by atoms with Gasteiger partial charge in [-0.2, -0.15) is 0 Å². The largest absolute Gasteiger partial charge is 0.359 e. The van der Waals surface area contributed by atoms with Crippen molar-refractivity contribution >= 4 is 27.7 Å². The molecule has 2 N–H and O–H groups in total. The molecule has 0 saturated carbocycles. The van der Waals surface area contributed by atoms with Gasteiger partial charge in [0.05, 0.1) is 5.41 Å². The van der Waals surface area contributed by atoms with Gasteiger partial charge in [0.25, 0.3) is 5.91 Å². The summed E-state index contributed by atoms with van der Waals surface area (Å²) >= 11 is 3.25. The summed E-state index contributed by atoms with van der Waals surface area (Å²) in [5.74, 6) is -0.411. The summed E-state index contributed by atoms with van der Waals surface area (Å²) < 4.78 is 0.810. The van der Waals surface area contributed by atoms with Crippen LogP contribution in [-0.2, 0) is 4.79 Å². The van der Waals surface area contributed by atoms with E-state index in [1.807, 2.05) is 0 Å². The van der Waals surface area contributed by atoms with Gasteiger partial charge >= 0.3 is 0 Å². The van der Waals surface area contributed by atoms with E-state index in [0.717, 1.165) is 4.47 Å². The van der Waals surface area contributed by atoms with E-state index in [9.17, 15) is 9.59 Å². The molecule has 0 aliphatic heterocycles. The third kappa shape index (κ3) is 3.80. The lowest BCUT2D eigenvalue weighted by Crippen LogP contribution is -2.43. The molecule has 1 aromatic rings. The van der Waals surface area contributed by atoms with Crippen molar-refractivity contribution in [1.82, 2.24) is 15.6 Å². The number of pyridine rings is 1. The number of carbonyl (C=O) groups is 2. The molecule has 0 aromatic carbocycles. The maximum atomic E-state index is 11.8. The van der Waals surface area contributed by atoms with Crippen molar-refractivity contribution in [2.24, 2.45) is 5.41 Å². The molecule has 2 amide bonds. The summed E-state index contributed by atoms with van der Waals surface area (Å²) in [4.78, 5) is 27.3. The molecule has 0 aliphatic rings. The van der Waals surface area contributed by atoms with E-state index >= 15 is 0 Å². The van der Waals surface area contributed by atoms with Crippen LogP contribution in [0.2, 0.25) is 0 Å². The van der Waals surface area contributed by atoms with E-state index in [1.165, 1.54) is 0 Å². The van der Waals surface area contributed by atoms with Crippen molar-refractivity contribution < 1.29 is 9.59 Å². The van der Waals surface area contributed by atoms with Crippen LogP contribution in [0.3, 0.4) is 0 Å². The van der Waals surface area contributed by atoms with Crippen LogP contribution in [0.25, 0.3) is 0 Å². The zero-order chi connectivity index (χ0) is 13.8. The Kier molecular flexibility index (Phi) is 4.84. The Morgan fingerprint density at radius 1 is 1.39 bits per heavy atom. The summed E-state index contributed by atoms with van der Waals surface area (Å²) in [5.41, 5.74) is -0.328. The average Bonchev–Trinajstić information content (AvgIpc) is 2.35. The molecule has 0 radical (unpaired) electrons.